The number of cyclic esters (lactones) is 2. The van der Waals surface area contributed by atoms with Gasteiger partial charge in [0.25, 0.3) is 0 Å². The highest BCUT2D eigenvalue weighted by molar-refractivity contribution is 5.96. The summed E-state index contributed by atoms with van der Waals surface area (Å²) in [5, 5.41) is 50.4. The summed E-state index contributed by atoms with van der Waals surface area (Å²) in [5.41, 5.74) is 5.38. The molecule has 5 aliphatic rings. The number of methoxy groups -OCH3 is 2. The third kappa shape index (κ3) is 46.2. The first-order chi connectivity index (χ1) is 51.2. The minimum absolute atomic E-state index is 0.0153. The summed E-state index contributed by atoms with van der Waals surface area (Å²) in [4.78, 5) is 161. The molecule has 1 saturated heterocycles. The first kappa shape index (κ1) is 103. The number of carboxylic acids is 4. The van der Waals surface area contributed by atoms with E-state index in [-0.39, 0.29) is 135 Å². The zero-order valence-electron chi connectivity index (χ0n) is 66.4. The van der Waals surface area contributed by atoms with Crippen LogP contribution in [0.25, 0.3) is 0 Å². The van der Waals surface area contributed by atoms with Crippen LogP contribution in [0.2, 0.25) is 0 Å². The number of ether oxygens (including phenoxy) is 7. The SMILES string of the molecule is C=CC(=O)NC1CCC1.C=CC(=O)OCCOCCOC.C=CC(C)=O.CCC(CC(CC(C)C(=O)CC1CCC1)C(=O)OCCOCCOC)C(C)=O.CCCC(C(=O)[O-])C(CCCC(C(=O)[O-])C(CCCC(C(=O)[O-])C(C)C(C)=O)C(=O)NC1CCC1)C(=O)O.CCCC1C(=O)OC(=O)C1C.NC1CCC1. The molecular formula is C80H130N3O25-3. The fourth-order valence-corrected chi connectivity index (χ4v) is 11.7. The van der Waals surface area contributed by atoms with Gasteiger partial charge in [-0.15, -0.1) is 0 Å². The molecular weight excluding hydrogens is 1400 g/mol. The summed E-state index contributed by atoms with van der Waals surface area (Å²) in [6, 6.07) is 0.931. The van der Waals surface area contributed by atoms with Crippen LogP contribution in [-0.4, -0.2) is 173 Å². The van der Waals surface area contributed by atoms with Crippen LogP contribution in [-0.2, 0) is 100 Å². The Labute approximate surface area is 640 Å². The van der Waals surface area contributed by atoms with Crippen LogP contribution in [0.5, 0.6) is 0 Å². The molecule has 108 heavy (non-hydrogen) atoms. The lowest BCUT2D eigenvalue weighted by Gasteiger charge is -2.33. The number of nitrogens with two attached hydrogens (primary N) is 1. The van der Waals surface area contributed by atoms with E-state index in [1.54, 1.807) is 35.0 Å². The van der Waals surface area contributed by atoms with Crippen molar-refractivity contribution in [1.29, 1.82) is 0 Å². The van der Waals surface area contributed by atoms with Crippen molar-refractivity contribution in [1.82, 2.24) is 10.6 Å². The lowest BCUT2D eigenvalue weighted by Crippen LogP contribution is -2.48. The van der Waals surface area contributed by atoms with Crippen LogP contribution in [0.3, 0.4) is 0 Å². The molecule has 0 aromatic heterocycles. The molecule has 0 radical (unpaired) electrons. The molecule has 0 bridgehead atoms. The number of amides is 2. The smallest absolute Gasteiger partial charge is 0.330 e. The van der Waals surface area contributed by atoms with Gasteiger partial charge < -0.3 is 84.3 Å². The van der Waals surface area contributed by atoms with E-state index in [9.17, 15) is 87.5 Å². The maximum atomic E-state index is 13.1. The van der Waals surface area contributed by atoms with E-state index in [2.05, 4.69) is 39.8 Å². The van der Waals surface area contributed by atoms with Crippen LogP contribution in [0.4, 0.5) is 0 Å². The van der Waals surface area contributed by atoms with Crippen LogP contribution in [0, 0.1) is 71.0 Å². The summed E-state index contributed by atoms with van der Waals surface area (Å²) < 4.78 is 34.5. The number of ketones is 4. The van der Waals surface area contributed by atoms with Crippen molar-refractivity contribution in [3.63, 3.8) is 0 Å². The van der Waals surface area contributed by atoms with E-state index < -0.39 is 77.2 Å². The van der Waals surface area contributed by atoms with Crippen molar-refractivity contribution in [2.24, 2.45) is 76.7 Å². The van der Waals surface area contributed by atoms with Crippen molar-refractivity contribution < 1.29 is 121 Å². The van der Waals surface area contributed by atoms with E-state index >= 15 is 0 Å². The Balaban J connectivity index is 0. The number of rotatable bonds is 48. The zero-order chi connectivity index (χ0) is 82.3. The Morgan fingerprint density at radius 1 is 0.574 bits per heavy atom. The molecule has 5 N–H and O–H groups in total. The molecule has 4 saturated carbocycles. The highest BCUT2D eigenvalue weighted by Gasteiger charge is 2.40. The molecule has 5 fully saturated rings. The summed E-state index contributed by atoms with van der Waals surface area (Å²) >= 11 is 0. The number of esters is 4. The highest BCUT2D eigenvalue weighted by atomic mass is 16.6. The lowest BCUT2D eigenvalue weighted by atomic mass is 9.78. The molecule has 11 atom stereocenters. The van der Waals surface area contributed by atoms with Gasteiger partial charge in [0.2, 0.25) is 11.8 Å². The highest BCUT2D eigenvalue weighted by Crippen LogP contribution is 2.34. The molecule has 0 aromatic carbocycles. The van der Waals surface area contributed by atoms with Crippen molar-refractivity contribution in [2.45, 2.75) is 247 Å². The van der Waals surface area contributed by atoms with Gasteiger partial charge in [0.15, 0.2) is 5.78 Å². The first-order valence-electron chi connectivity index (χ1n) is 38.5. The number of hydrogen-bond acceptors (Lipinski definition) is 25. The number of carboxylic acid groups (broad SMARTS) is 4. The summed E-state index contributed by atoms with van der Waals surface area (Å²) in [6.45, 7) is 28.0. The standard InChI is InChI=1S/C27H43NO10.C22H38O6.C8H14O4.C8H12O3.C7H11NO.C4H9N.C4H6O/c1-4-8-20(25(33)34)22(27(37)38)14-7-13-21(26(35)36)19(23(30)28-17-9-5-10-17)12-6-11-18(24(31)32)15(2)16(3)29;1-5-19(17(3)23)15-20(22(25)28-12-11-27-10-9-26-4)13-16(2)21(24)14-18-7-6-8-18;1-3-8(9)12-7-6-11-5-4-10-2;1-3-4-6-5(2)7(9)11-8(6)10;1-2-7(9)8-6-4-3-5-6;5-4-2-1-3-4;1-3-4(2)5/h15,17-22H,4-14H2,1-3H3,(H,28,30)(H,31,32)(H,33,34)(H,35,36)(H,37,38);16,18-20H,5-15H2,1-4H3;3H,1,4-7H2,2H3;5-6H,3-4H2,1-2H3;2,6H,1,3-5H2,(H,8,9);4H,1-3,5H2;3H,1H2,2H3/p-3. The van der Waals surface area contributed by atoms with Crippen molar-refractivity contribution in [3.05, 3.63) is 38.0 Å². The molecule has 11 unspecified atom stereocenters. The molecule has 2 amide bonds. The molecule has 0 aromatic rings. The van der Waals surface area contributed by atoms with Gasteiger partial charge in [0, 0.05) is 104 Å². The van der Waals surface area contributed by atoms with Gasteiger partial charge in [-0.2, -0.15) is 0 Å². The minimum Gasteiger partial charge on any atom is -0.550 e. The average Bonchev–Trinajstić information content (AvgIpc) is 1.31. The van der Waals surface area contributed by atoms with Gasteiger partial charge in [-0.1, -0.05) is 113 Å². The number of Topliss-reactive ketones (excluding diaryl/α,β-unsaturated/α-hetero) is 3. The average molecular weight is 1530 g/mol. The van der Waals surface area contributed by atoms with Crippen LogP contribution in [0.15, 0.2) is 38.0 Å². The normalized spacial score (nSPS) is 18.1. The fraction of sp³-hybridized carbons (Fsp3) is 0.750. The molecule has 28 heteroatoms. The third-order valence-corrected chi connectivity index (χ3v) is 19.9. The zero-order valence-corrected chi connectivity index (χ0v) is 66.4. The van der Waals surface area contributed by atoms with E-state index in [4.69, 9.17) is 29.4 Å². The Bertz CT molecular complexity index is 2740. The van der Waals surface area contributed by atoms with Crippen molar-refractivity contribution in [3.8, 4) is 0 Å². The maximum Gasteiger partial charge on any atom is 0.330 e. The lowest BCUT2D eigenvalue weighted by molar-refractivity contribution is -0.315. The van der Waals surface area contributed by atoms with Crippen LogP contribution >= 0.6 is 0 Å². The van der Waals surface area contributed by atoms with E-state index in [1.807, 2.05) is 20.8 Å². The minimum atomic E-state index is -1.50. The van der Waals surface area contributed by atoms with Gasteiger partial charge in [-0.25, -0.2) is 4.79 Å². The fourth-order valence-electron chi connectivity index (χ4n) is 11.7. The van der Waals surface area contributed by atoms with Crippen LogP contribution in [0.1, 0.15) is 229 Å². The molecule has 0 spiro atoms. The van der Waals surface area contributed by atoms with Crippen molar-refractivity contribution >= 4 is 82.7 Å². The number of carbonyl (C=O) groups is 14. The molecule has 5 rings (SSSR count). The Morgan fingerprint density at radius 3 is 1.41 bits per heavy atom. The number of allylic oxidation sites excluding steroid dienone is 1. The number of hydrogen-bond donors (Lipinski definition) is 4. The number of nitrogens with one attached hydrogen (secondary N) is 2. The van der Waals surface area contributed by atoms with Gasteiger partial charge in [0.1, 0.15) is 30.6 Å². The topological polar surface area (TPSA) is 443 Å². The second-order valence-corrected chi connectivity index (χ2v) is 28.3. The van der Waals surface area contributed by atoms with Gasteiger partial charge in [-0.3, -0.25) is 47.9 Å². The molecule has 4 aliphatic carbocycles. The molecule has 618 valence electrons. The Hall–Kier alpha value is -7.40. The molecule has 1 heterocycles. The van der Waals surface area contributed by atoms with Gasteiger partial charge in [-0.05, 0) is 148 Å². The van der Waals surface area contributed by atoms with Crippen LogP contribution < -0.4 is 31.7 Å². The number of aliphatic carboxylic acids is 4. The first-order valence-corrected chi connectivity index (χ1v) is 38.5. The summed E-state index contributed by atoms with van der Waals surface area (Å²) in [7, 11) is 3.20. The van der Waals surface area contributed by atoms with Crippen molar-refractivity contribution in [2.75, 3.05) is 67.1 Å². The van der Waals surface area contributed by atoms with Gasteiger partial charge >= 0.3 is 29.8 Å². The second kappa shape index (κ2) is 61.4. The Morgan fingerprint density at radius 2 is 1.04 bits per heavy atom. The third-order valence-electron chi connectivity index (χ3n) is 19.9. The van der Waals surface area contributed by atoms with Gasteiger partial charge in [0.05, 0.1) is 63.3 Å². The van der Waals surface area contributed by atoms with E-state index in [1.165, 1.54) is 65.0 Å². The Kier molecular flexibility index (Phi) is 58.3. The number of carbonyl (C=O) groups excluding carboxylic acids is 13. The monoisotopic (exact) mass is 1530 g/mol. The van der Waals surface area contributed by atoms with E-state index in [0.29, 0.717) is 89.7 Å². The molecule has 1 aliphatic heterocycles. The largest absolute Gasteiger partial charge is 0.550 e. The second-order valence-electron chi connectivity index (χ2n) is 28.3. The van der Waals surface area contributed by atoms with E-state index in [0.717, 1.165) is 63.9 Å². The predicted octanol–water partition coefficient (Wildman–Crippen LogP) is 6.64. The summed E-state index contributed by atoms with van der Waals surface area (Å²) in [5.74, 6) is -15.1. The summed E-state index contributed by atoms with van der Waals surface area (Å²) in [6.07, 6.45) is 21.4. The quantitative estimate of drug-likeness (QED) is 0.0163. The predicted molar refractivity (Wildman–Crippen MR) is 397 cm³/mol. The maximum absolute atomic E-state index is 13.1. The molecule has 28 nitrogen and oxygen atoms in total.